The average Bonchev–Trinajstić information content (AvgIpc) is 2.64. The van der Waals surface area contributed by atoms with Crippen LogP contribution in [0.25, 0.3) is 0 Å². The molecule has 1 aromatic rings. The highest BCUT2D eigenvalue weighted by atomic mass is 16.5. The van der Waals surface area contributed by atoms with Gasteiger partial charge in [-0.3, -0.25) is 0 Å². The first-order valence-corrected chi connectivity index (χ1v) is 11.1. The predicted octanol–water partition coefficient (Wildman–Crippen LogP) is 7.78. The van der Waals surface area contributed by atoms with E-state index < -0.39 is 0 Å². The highest BCUT2D eigenvalue weighted by Gasteiger charge is 2.12. The van der Waals surface area contributed by atoms with Crippen molar-refractivity contribution in [2.45, 2.75) is 105 Å². The fourth-order valence-corrected chi connectivity index (χ4v) is 3.23. The first-order chi connectivity index (χ1) is 12.7. The van der Waals surface area contributed by atoms with Crippen molar-refractivity contribution in [1.29, 1.82) is 0 Å². The molecule has 2 heteroatoms. The lowest BCUT2D eigenvalue weighted by Gasteiger charge is -2.17. The van der Waals surface area contributed by atoms with E-state index in [0.717, 1.165) is 37.6 Å². The van der Waals surface area contributed by atoms with Crippen LogP contribution in [0.5, 0.6) is 11.5 Å². The van der Waals surface area contributed by atoms with Gasteiger partial charge in [0.05, 0.1) is 13.2 Å². The molecule has 0 saturated heterocycles. The van der Waals surface area contributed by atoms with Crippen LogP contribution in [0, 0.1) is 13.8 Å². The number of rotatable bonds is 16. The van der Waals surface area contributed by atoms with Crippen LogP contribution in [0.1, 0.15) is 102 Å². The van der Waals surface area contributed by atoms with Gasteiger partial charge in [0.1, 0.15) is 0 Å². The third kappa shape index (κ3) is 9.50. The first-order valence-electron chi connectivity index (χ1n) is 11.1. The van der Waals surface area contributed by atoms with E-state index in [-0.39, 0.29) is 0 Å². The van der Waals surface area contributed by atoms with E-state index in [9.17, 15) is 0 Å². The molecule has 0 heterocycles. The smallest absolute Gasteiger partial charge is 0.164 e. The second-order valence-electron chi connectivity index (χ2n) is 7.59. The van der Waals surface area contributed by atoms with Crippen LogP contribution in [0.15, 0.2) is 12.1 Å². The summed E-state index contributed by atoms with van der Waals surface area (Å²) in [4.78, 5) is 0. The maximum atomic E-state index is 6.14. The van der Waals surface area contributed by atoms with Crippen LogP contribution in [0.2, 0.25) is 0 Å². The molecule has 0 aliphatic carbocycles. The minimum absolute atomic E-state index is 0.795. The summed E-state index contributed by atoms with van der Waals surface area (Å²) in [7, 11) is 0. The first kappa shape index (κ1) is 22.9. The van der Waals surface area contributed by atoms with Gasteiger partial charge in [-0.05, 0) is 37.8 Å². The van der Waals surface area contributed by atoms with Gasteiger partial charge in [0.15, 0.2) is 11.5 Å². The van der Waals surface area contributed by atoms with Crippen LogP contribution in [-0.2, 0) is 0 Å². The lowest BCUT2D eigenvalue weighted by atomic mass is 10.1. The second-order valence-corrected chi connectivity index (χ2v) is 7.59. The van der Waals surface area contributed by atoms with Gasteiger partial charge < -0.3 is 9.47 Å². The molecular formula is C24H42O2. The van der Waals surface area contributed by atoms with E-state index in [4.69, 9.17) is 9.47 Å². The molecule has 26 heavy (non-hydrogen) atoms. The lowest BCUT2D eigenvalue weighted by Crippen LogP contribution is -2.05. The van der Waals surface area contributed by atoms with Crippen molar-refractivity contribution in [2.24, 2.45) is 0 Å². The van der Waals surface area contributed by atoms with Crippen molar-refractivity contribution in [3.63, 3.8) is 0 Å². The van der Waals surface area contributed by atoms with Crippen LogP contribution < -0.4 is 9.47 Å². The van der Waals surface area contributed by atoms with Crippen LogP contribution in [-0.4, -0.2) is 13.2 Å². The summed E-state index contributed by atoms with van der Waals surface area (Å²) in [5.41, 5.74) is 2.36. The summed E-state index contributed by atoms with van der Waals surface area (Å²) in [5, 5.41) is 0. The number of hydrogen-bond acceptors (Lipinski definition) is 2. The SMILES string of the molecule is CCCCCCCCOc1c(C)ccc(C)c1OCCCCCCCC. The largest absolute Gasteiger partial charge is 0.489 e. The van der Waals surface area contributed by atoms with Crippen molar-refractivity contribution in [2.75, 3.05) is 13.2 Å². The molecule has 0 aromatic heterocycles. The summed E-state index contributed by atoms with van der Waals surface area (Å²) in [6.45, 7) is 10.3. The number of hydrogen-bond donors (Lipinski definition) is 0. The van der Waals surface area contributed by atoms with Gasteiger partial charge in [0.25, 0.3) is 0 Å². The summed E-state index contributed by atoms with van der Waals surface area (Å²) in [5.74, 6) is 1.93. The highest BCUT2D eigenvalue weighted by Crippen LogP contribution is 2.34. The minimum atomic E-state index is 0.795. The van der Waals surface area contributed by atoms with Gasteiger partial charge in [0.2, 0.25) is 0 Å². The number of ether oxygens (including phenoxy) is 2. The molecule has 1 rings (SSSR count). The molecule has 0 amide bonds. The molecule has 0 bridgehead atoms. The topological polar surface area (TPSA) is 18.5 Å². The van der Waals surface area contributed by atoms with E-state index in [0.29, 0.717) is 0 Å². The van der Waals surface area contributed by atoms with Crippen molar-refractivity contribution >= 4 is 0 Å². The van der Waals surface area contributed by atoms with Crippen molar-refractivity contribution in [3.05, 3.63) is 23.3 Å². The molecule has 0 saturated carbocycles. The molecule has 0 fully saturated rings. The summed E-state index contributed by atoms with van der Waals surface area (Å²) < 4.78 is 12.3. The Bertz CT molecular complexity index is 425. The molecule has 0 spiro atoms. The Kier molecular flexibility index (Phi) is 13.1. The third-order valence-electron chi connectivity index (χ3n) is 4.99. The Balaban J connectivity index is 2.38. The molecule has 0 radical (unpaired) electrons. The molecule has 0 unspecified atom stereocenters. The van der Waals surface area contributed by atoms with Crippen molar-refractivity contribution < 1.29 is 9.47 Å². The zero-order valence-corrected chi connectivity index (χ0v) is 17.9. The average molecular weight is 363 g/mol. The summed E-state index contributed by atoms with van der Waals surface area (Å²) >= 11 is 0. The number of unbranched alkanes of at least 4 members (excludes halogenated alkanes) is 10. The third-order valence-corrected chi connectivity index (χ3v) is 4.99. The van der Waals surface area contributed by atoms with Crippen LogP contribution >= 0.6 is 0 Å². The molecule has 0 atom stereocenters. The lowest BCUT2D eigenvalue weighted by molar-refractivity contribution is 0.255. The summed E-state index contributed by atoms with van der Waals surface area (Å²) in [6.07, 6.45) is 15.5. The van der Waals surface area contributed by atoms with Crippen LogP contribution in [0.4, 0.5) is 0 Å². The zero-order chi connectivity index (χ0) is 19.0. The summed E-state index contributed by atoms with van der Waals surface area (Å²) in [6, 6.07) is 4.28. The Morgan fingerprint density at radius 3 is 1.27 bits per heavy atom. The quantitative estimate of drug-likeness (QED) is 0.279. The standard InChI is InChI=1S/C24H42O2/c1-5-7-9-11-13-15-19-25-23-21(3)17-18-22(4)24(23)26-20-16-14-12-10-8-6-2/h17-18H,5-16,19-20H2,1-4H3. The molecule has 0 aliphatic heterocycles. The fraction of sp³-hybridized carbons (Fsp3) is 0.750. The van der Waals surface area contributed by atoms with E-state index in [1.807, 2.05) is 0 Å². The van der Waals surface area contributed by atoms with E-state index >= 15 is 0 Å². The molecule has 1 aromatic carbocycles. The second kappa shape index (κ2) is 14.9. The Labute approximate surface area is 162 Å². The molecule has 0 aliphatic rings. The Hall–Kier alpha value is -1.18. The van der Waals surface area contributed by atoms with Gasteiger partial charge in [-0.2, -0.15) is 0 Å². The predicted molar refractivity (Wildman–Crippen MR) is 114 cm³/mol. The van der Waals surface area contributed by atoms with Crippen molar-refractivity contribution in [3.8, 4) is 11.5 Å². The van der Waals surface area contributed by atoms with Gasteiger partial charge in [0, 0.05) is 0 Å². The van der Waals surface area contributed by atoms with E-state index in [1.54, 1.807) is 0 Å². The zero-order valence-electron chi connectivity index (χ0n) is 17.9. The Morgan fingerprint density at radius 1 is 0.538 bits per heavy atom. The molecule has 0 N–H and O–H groups in total. The highest BCUT2D eigenvalue weighted by molar-refractivity contribution is 5.51. The van der Waals surface area contributed by atoms with Gasteiger partial charge in [-0.25, -0.2) is 0 Å². The van der Waals surface area contributed by atoms with Gasteiger partial charge >= 0.3 is 0 Å². The maximum Gasteiger partial charge on any atom is 0.164 e. The van der Waals surface area contributed by atoms with E-state index in [1.165, 1.54) is 75.3 Å². The monoisotopic (exact) mass is 362 g/mol. The molecule has 2 nitrogen and oxygen atoms in total. The molecular weight excluding hydrogens is 320 g/mol. The number of aryl methyl sites for hydroxylation is 2. The normalized spacial score (nSPS) is 10.9. The number of benzene rings is 1. The van der Waals surface area contributed by atoms with Gasteiger partial charge in [-0.15, -0.1) is 0 Å². The van der Waals surface area contributed by atoms with Crippen LogP contribution in [0.3, 0.4) is 0 Å². The maximum absolute atomic E-state index is 6.14. The molecule has 150 valence electrons. The van der Waals surface area contributed by atoms with Crippen molar-refractivity contribution in [1.82, 2.24) is 0 Å². The van der Waals surface area contributed by atoms with E-state index in [2.05, 4.69) is 39.8 Å². The Morgan fingerprint density at radius 2 is 0.885 bits per heavy atom. The van der Waals surface area contributed by atoms with Gasteiger partial charge in [-0.1, -0.05) is 90.2 Å². The fourth-order valence-electron chi connectivity index (χ4n) is 3.23. The minimum Gasteiger partial charge on any atom is -0.489 e.